The van der Waals surface area contributed by atoms with E-state index in [1.54, 1.807) is 7.11 Å². The fourth-order valence-corrected chi connectivity index (χ4v) is 2.48. The second-order valence-electron chi connectivity index (χ2n) is 4.79. The van der Waals surface area contributed by atoms with E-state index < -0.39 is 0 Å². The molecule has 0 spiro atoms. The van der Waals surface area contributed by atoms with Gasteiger partial charge in [0.05, 0.1) is 13.2 Å². The average Bonchev–Trinajstić information content (AvgIpc) is 2.45. The van der Waals surface area contributed by atoms with E-state index in [2.05, 4.69) is 30.5 Å². The van der Waals surface area contributed by atoms with Crippen LogP contribution in [0.5, 0.6) is 5.75 Å². The van der Waals surface area contributed by atoms with Crippen molar-refractivity contribution < 1.29 is 4.74 Å². The van der Waals surface area contributed by atoms with Crippen molar-refractivity contribution in [2.24, 2.45) is 5.84 Å². The number of rotatable bonds is 5. The van der Waals surface area contributed by atoms with Crippen LogP contribution in [0.4, 0.5) is 0 Å². The highest BCUT2D eigenvalue weighted by Crippen LogP contribution is 2.27. The lowest BCUT2D eigenvalue weighted by molar-refractivity contribution is 0.405. The highest BCUT2D eigenvalue weighted by atomic mass is 35.5. The predicted octanol–water partition coefficient (Wildman–Crippen LogP) is 3.40. The molecule has 0 saturated carbocycles. The molecule has 2 aromatic carbocycles. The molecule has 0 aliphatic carbocycles. The van der Waals surface area contributed by atoms with Crippen molar-refractivity contribution in [3.05, 3.63) is 64.2 Å². The molecule has 4 heteroatoms. The van der Waals surface area contributed by atoms with Gasteiger partial charge in [0.2, 0.25) is 0 Å². The van der Waals surface area contributed by atoms with Gasteiger partial charge in [-0.3, -0.25) is 11.3 Å². The highest BCUT2D eigenvalue weighted by molar-refractivity contribution is 6.30. The summed E-state index contributed by atoms with van der Waals surface area (Å²) < 4.78 is 5.38. The molecule has 0 heterocycles. The normalized spacial score (nSPS) is 12.2. The number of methoxy groups -OCH3 is 1. The van der Waals surface area contributed by atoms with Gasteiger partial charge in [0.15, 0.2) is 0 Å². The molecule has 2 rings (SSSR count). The van der Waals surface area contributed by atoms with Gasteiger partial charge in [0.1, 0.15) is 5.75 Å². The maximum atomic E-state index is 6.06. The van der Waals surface area contributed by atoms with Crippen molar-refractivity contribution in [1.82, 2.24) is 5.43 Å². The Balaban J connectivity index is 2.28. The van der Waals surface area contributed by atoms with Crippen LogP contribution in [0.2, 0.25) is 5.02 Å². The number of ether oxygens (including phenoxy) is 1. The lowest BCUT2D eigenvalue weighted by Gasteiger charge is -2.18. The third kappa shape index (κ3) is 3.51. The molecule has 1 unspecified atom stereocenters. The minimum absolute atomic E-state index is 0.0160. The van der Waals surface area contributed by atoms with Gasteiger partial charge in [-0.1, -0.05) is 41.4 Å². The topological polar surface area (TPSA) is 47.3 Å². The first-order chi connectivity index (χ1) is 9.63. The van der Waals surface area contributed by atoms with E-state index in [-0.39, 0.29) is 6.04 Å². The largest absolute Gasteiger partial charge is 0.496 e. The van der Waals surface area contributed by atoms with Gasteiger partial charge >= 0.3 is 0 Å². The number of benzene rings is 2. The van der Waals surface area contributed by atoms with E-state index in [1.165, 1.54) is 5.56 Å². The van der Waals surface area contributed by atoms with Crippen LogP contribution in [-0.4, -0.2) is 7.11 Å². The molecule has 1 atom stereocenters. The van der Waals surface area contributed by atoms with Gasteiger partial charge in [-0.2, -0.15) is 0 Å². The third-order valence-electron chi connectivity index (χ3n) is 3.31. The van der Waals surface area contributed by atoms with Crippen LogP contribution in [0.3, 0.4) is 0 Å². The van der Waals surface area contributed by atoms with E-state index >= 15 is 0 Å². The number of hydrogen-bond donors (Lipinski definition) is 2. The number of hydrazine groups is 1. The average molecular weight is 291 g/mol. The molecule has 0 bridgehead atoms. The monoisotopic (exact) mass is 290 g/mol. The zero-order valence-corrected chi connectivity index (χ0v) is 12.4. The van der Waals surface area contributed by atoms with Crippen LogP contribution in [0.25, 0.3) is 0 Å². The molecular formula is C16H19ClN2O. The Hall–Kier alpha value is -1.55. The first-order valence-corrected chi connectivity index (χ1v) is 6.87. The molecule has 0 radical (unpaired) electrons. The van der Waals surface area contributed by atoms with Crippen molar-refractivity contribution in [2.45, 2.75) is 19.4 Å². The highest BCUT2D eigenvalue weighted by Gasteiger charge is 2.14. The Morgan fingerprint density at radius 3 is 2.70 bits per heavy atom. The Labute approximate surface area is 124 Å². The van der Waals surface area contributed by atoms with E-state index in [0.717, 1.165) is 16.9 Å². The quantitative estimate of drug-likeness (QED) is 0.655. The summed E-state index contributed by atoms with van der Waals surface area (Å²) in [5.41, 5.74) is 6.25. The molecule has 0 aromatic heterocycles. The van der Waals surface area contributed by atoms with E-state index in [4.69, 9.17) is 22.2 Å². The van der Waals surface area contributed by atoms with Crippen LogP contribution in [-0.2, 0) is 6.42 Å². The van der Waals surface area contributed by atoms with E-state index in [0.29, 0.717) is 11.4 Å². The lowest BCUT2D eigenvalue weighted by atomic mass is 9.97. The maximum absolute atomic E-state index is 6.06. The Morgan fingerprint density at radius 1 is 1.25 bits per heavy atom. The van der Waals surface area contributed by atoms with Crippen molar-refractivity contribution in [3.8, 4) is 5.75 Å². The third-order valence-corrected chi connectivity index (χ3v) is 3.55. The molecule has 2 aromatic rings. The lowest BCUT2D eigenvalue weighted by Crippen LogP contribution is -2.29. The number of hydrogen-bond acceptors (Lipinski definition) is 3. The number of halogens is 1. The minimum atomic E-state index is 0.0160. The number of aryl methyl sites for hydroxylation is 1. The molecule has 0 saturated heterocycles. The summed E-state index contributed by atoms with van der Waals surface area (Å²) in [6, 6.07) is 13.9. The second kappa shape index (κ2) is 6.75. The molecule has 0 amide bonds. The van der Waals surface area contributed by atoms with Crippen molar-refractivity contribution in [1.29, 1.82) is 0 Å². The van der Waals surface area contributed by atoms with Crippen molar-refractivity contribution in [3.63, 3.8) is 0 Å². The smallest absolute Gasteiger partial charge is 0.122 e. The summed E-state index contributed by atoms with van der Waals surface area (Å²) in [5.74, 6) is 6.53. The molecule has 106 valence electrons. The van der Waals surface area contributed by atoms with Crippen molar-refractivity contribution >= 4 is 11.6 Å². The number of nitrogens with one attached hydrogen (secondary N) is 1. The van der Waals surface area contributed by atoms with Crippen molar-refractivity contribution in [2.75, 3.05) is 7.11 Å². The standard InChI is InChI=1S/C16H19ClN2O/c1-11-4-3-5-12(8-11)15(19-18)10-13-9-14(17)6-7-16(13)20-2/h3-9,15,19H,10,18H2,1-2H3. The molecule has 0 aliphatic heterocycles. The minimum Gasteiger partial charge on any atom is -0.496 e. The molecule has 0 fully saturated rings. The van der Waals surface area contributed by atoms with Crippen LogP contribution in [0.15, 0.2) is 42.5 Å². The van der Waals surface area contributed by atoms with Gasteiger partial charge in [0, 0.05) is 5.02 Å². The van der Waals surface area contributed by atoms with E-state index in [9.17, 15) is 0 Å². The van der Waals surface area contributed by atoms with Gasteiger partial charge in [0.25, 0.3) is 0 Å². The summed E-state index contributed by atoms with van der Waals surface area (Å²) >= 11 is 6.06. The van der Waals surface area contributed by atoms with Gasteiger partial charge in [-0.25, -0.2) is 0 Å². The molecule has 20 heavy (non-hydrogen) atoms. The van der Waals surface area contributed by atoms with Crippen LogP contribution in [0.1, 0.15) is 22.7 Å². The summed E-state index contributed by atoms with van der Waals surface area (Å²) in [5, 5.41) is 0.695. The summed E-state index contributed by atoms with van der Waals surface area (Å²) in [7, 11) is 1.66. The fourth-order valence-electron chi connectivity index (χ4n) is 2.29. The van der Waals surface area contributed by atoms with Crippen LogP contribution < -0.4 is 16.0 Å². The van der Waals surface area contributed by atoms with Crippen LogP contribution >= 0.6 is 11.6 Å². The molecule has 3 nitrogen and oxygen atoms in total. The van der Waals surface area contributed by atoms with Gasteiger partial charge < -0.3 is 4.74 Å². The SMILES string of the molecule is COc1ccc(Cl)cc1CC(NN)c1cccc(C)c1. The second-order valence-corrected chi connectivity index (χ2v) is 5.23. The zero-order valence-electron chi connectivity index (χ0n) is 11.7. The summed E-state index contributed by atoms with van der Waals surface area (Å²) in [6.07, 6.45) is 0.712. The molecule has 3 N–H and O–H groups in total. The van der Waals surface area contributed by atoms with Crippen LogP contribution in [0, 0.1) is 6.92 Å². The Kier molecular flexibility index (Phi) is 5.01. The van der Waals surface area contributed by atoms with E-state index in [1.807, 2.05) is 24.3 Å². The zero-order chi connectivity index (χ0) is 14.5. The molecule has 0 aliphatic rings. The predicted molar refractivity (Wildman–Crippen MR) is 83.0 cm³/mol. The van der Waals surface area contributed by atoms with Gasteiger partial charge in [-0.05, 0) is 42.7 Å². The molecular weight excluding hydrogens is 272 g/mol. The Morgan fingerprint density at radius 2 is 2.05 bits per heavy atom. The number of nitrogens with two attached hydrogens (primary N) is 1. The summed E-state index contributed by atoms with van der Waals surface area (Å²) in [6.45, 7) is 2.07. The summed E-state index contributed by atoms with van der Waals surface area (Å²) in [4.78, 5) is 0. The first kappa shape index (κ1) is 14.9. The first-order valence-electron chi connectivity index (χ1n) is 6.49. The Bertz CT molecular complexity index is 586. The fraction of sp³-hybridized carbons (Fsp3) is 0.250. The maximum Gasteiger partial charge on any atom is 0.122 e. The van der Waals surface area contributed by atoms with Gasteiger partial charge in [-0.15, -0.1) is 0 Å².